The summed E-state index contributed by atoms with van der Waals surface area (Å²) >= 11 is 0. The molecule has 0 aliphatic rings. The van der Waals surface area contributed by atoms with Crippen LogP contribution in [-0.2, 0) is 17.8 Å². The molecule has 0 aliphatic heterocycles. The van der Waals surface area contributed by atoms with Crippen molar-refractivity contribution in [1.82, 2.24) is 9.97 Å². The van der Waals surface area contributed by atoms with Gasteiger partial charge in [0.2, 0.25) is 0 Å². The molecule has 4 heteroatoms. The molecule has 2 heterocycles. The van der Waals surface area contributed by atoms with Crippen molar-refractivity contribution < 1.29 is 4.74 Å². The number of aromatic nitrogens is 2. The summed E-state index contributed by atoms with van der Waals surface area (Å²) in [5.41, 5.74) is 11.1. The number of nitrogens with two attached hydrogens (primary N) is 1. The topological polar surface area (TPSA) is 61.0 Å². The lowest BCUT2D eigenvalue weighted by Crippen LogP contribution is -2.05. The summed E-state index contributed by atoms with van der Waals surface area (Å²) in [4.78, 5) is 8.38. The van der Waals surface area contributed by atoms with E-state index in [1.54, 1.807) is 6.20 Å². The average molecular weight is 271 g/mol. The molecule has 0 fully saturated rings. The lowest BCUT2D eigenvalue weighted by Gasteiger charge is -2.10. The molecule has 0 saturated heterocycles. The van der Waals surface area contributed by atoms with Gasteiger partial charge in [-0.05, 0) is 55.5 Å². The highest BCUT2D eigenvalue weighted by atomic mass is 16.5. The van der Waals surface area contributed by atoms with Crippen LogP contribution in [0.4, 0.5) is 5.69 Å². The van der Waals surface area contributed by atoms with Crippen LogP contribution in [0.15, 0.2) is 30.7 Å². The molecule has 0 atom stereocenters. The number of ether oxygens (including phenoxy) is 1. The predicted molar refractivity (Wildman–Crippen MR) is 80.3 cm³/mol. The second kappa shape index (κ2) is 7.01. The summed E-state index contributed by atoms with van der Waals surface area (Å²) in [6.45, 7) is 5.20. The van der Waals surface area contributed by atoms with Crippen LogP contribution in [0, 0.1) is 13.8 Å². The van der Waals surface area contributed by atoms with Gasteiger partial charge < -0.3 is 10.5 Å². The number of hydrogen-bond donors (Lipinski definition) is 1. The van der Waals surface area contributed by atoms with Crippen LogP contribution >= 0.6 is 0 Å². The maximum atomic E-state index is 5.99. The molecule has 0 bridgehead atoms. The Morgan fingerprint density at radius 1 is 1.20 bits per heavy atom. The highest BCUT2D eigenvalue weighted by Crippen LogP contribution is 2.18. The van der Waals surface area contributed by atoms with E-state index in [1.807, 2.05) is 38.4 Å². The van der Waals surface area contributed by atoms with Gasteiger partial charge in [-0.3, -0.25) is 9.97 Å². The molecule has 2 aromatic rings. The number of anilines is 1. The van der Waals surface area contributed by atoms with Gasteiger partial charge >= 0.3 is 0 Å². The maximum Gasteiger partial charge on any atom is 0.0891 e. The van der Waals surface area contributed by atoms with Gasteiger partial charge in [-0.1, -0.05) is 0 Å². The quantitative estimate of drug-likeness (QED) is 0.821. The van der Waals surface area contributed by atoms with Crippen LogP contribution in [0.5, 0.6) is 0 Å². The molecule has 0 saturated carbocycles. The minimum atomic E-state index is 0.520. The Labute approximate surface area is 120 Å². The van der Waals surface area contributed by atoms with Crippen molar-refractivity contribution >= 4 is 5.69 Å². The largest absolute Gasteiger partial charge is 0.398 e. The van der Waals surface area contributed by atoms with E-state index in [0.29, 0.717) is 6.61 Å². The second-order valence-corrected chi connectivity index (χ2v) is 4.94. The average Bonchev–Trinajstić information content (AvgIpc) is 2.48. The summed E-state index contributed by atoms with van der Waals surface area (Å²) in [7, 11) is 0. The van der Waals surface area contributed by atoms with Gasteiger partial charge in [0.15, 0.2) is 0 Å². The van der Waals surface area contributed by atoms with Crippen LogP contribution in [0.2, 0.25) is 0 Å². The lowest BCUT2D eigenvalue weighted by atomic mass is 10.1. The number of pyridine rings is 2. The monoisotopic (exact) mass is 271 g/mol. The smallest absolute Gasteiger partial charge is 0.0891 e. The molecular weight excluding hydrogens is 250 g/mol. The number of nitrogen functional groups attached to an aromatic ring is 1. The molecule has 0 aliphatic carbocycles. The summed E-state index contributed by atoms with van der Waals surface area (Å²) in [5, 5.41) is 0. The molecule has 0 unspecified atom stereocenters. The van der Waals surface area contributed by atoms with Gasteiger partial charge in [-0.2, -0.15) is 0 Å². The molecule has 2 N–H and O–H groups in total. The Kier molecular flexibility index (Phi) is 5.07. The van der Waals surface area contributed by atoms with Gasteiger partial charge in [-0.15, -0.1) is 0 Å². The first-order valence-corrected chi connectivity index (χ1v) is 6.85. The fourth-order valence-electron chi connectivity index (χ4n) is 2.03. The Bertz CT molecular complexity index is 555. The van der Waals surface area contributed by atoms with Crippen LogP contribution < -0.4 is 5.73 Å². The van der Waals surface area contributed by atoms with Crippen molar-refractivity contribution in [2.75, 3.05) is 12.3 Å². The van der Waals surface area contributed by atoms with Crippen LogP contribution in [-0.4, -0.2) is 16.6 Å². The van der Waals surface area contributed by atoms with E-state index in [1.165, 1.54) is 5.56 Å². The third-order valence-corrected chi connectivity index (χ3v) is 3.42. The van der Waals surface area contributed by atoms with Crippen molar-refractivity contribution in [3.63, 3.8) is 0 Å². The van der Waals surface area contributed by atoms with E-state index >= 15 is 0 Å². The first-order chi connectivity index (χ1) is 9.68. The lowest BCUT2D eigenvalue weighted by molar-refractivity contribution is 0.116. The van der Waals surface area contributed by atoms with Crippen molar-refractivity contribution in [1.29, 1.82) is 0 Å². The van der Waals surface area contributed by atoms with E-state index in [-0.39, 0.29) is 0 Å². The molecule has 0 aromatic carbocycles. The summed E-state index contributed by atoms with van der Waals surface area (Å²) < 4.78 is 5.68. The third-order valence-electron chi connectivity index (χ3n) is 3.42. The SMILES string of the molecule is Cc1cnc(COCCCc2ccncc2)c(C)c1N. The molecule has 0 spiro atoms. The Morgan fingerprint density at radius 2 is 1.95 bits per heavy atom. The zero-order valence-electron chi connectivity index (χ0n) is 12.1. The van der Waals surface area contributed by atoms with E-state index < -0.39 is 0 Å². The molecule has 20 heavy (non-hydrogen) atoms. The fraction of sp³-hybridized carbons (Fsp3) is 0.375. The van der Waals surface area contributed by atoms with Crippen molar-refractivity contribution in [2.24, 2.45) is 0 Å². The fourth-order valence-corrected chi connectivity index (χ4v) is 2.03. The van der Waals surface area contributed by atoms with E-state index in [4.69, 9.17) is 10.5 Å². The summed E-state index contributed by atoms with van der Waals surface area (Å²) in [6, 6.07) is 4.07. The van der Waals surface area contributed by atoms with Gasteiger partial charge in [0.1, 0.15) is 0 Å². The van der Waals surface area contributed by atoms with Crippen LogP contribution in [0.3, 0.4) is 0 Å². The maximum absolute atomic E-state index is 5.99. The number of nitrogens with zero attached hydrogens (tertiary/aromatic N) is 2. The van der Waals surface area contributed by atoms with Gasteiger partial charge in [0.05, 0.1) is 12.3 Å². The first kappa shape index (κ1) is 14.5. The minimum absolute atomic E-state index is 0.520. The van der Waals surface area contributed by atoms with Gasteiger partial charge in [-0.25, -0.2) is 0 Å². The zero-order chi connectivity index (χ0) is 14.4. The highest BCUT2D eigenvalue weighted by Gasteiger charge is 2.06. The predicted octanol–water partition coefficient (Wildman–Crippen LogP) is 2.83. The van der Waals surface area contributed by atoms with Crippen molar-refractivity contribution in [3.8, 4) is 0 Å². The zero-order valence-corrected chi connectivity index (χ0v) is 12.1. The van der Waals surface area contributed by atoms with Crippen molar-refractivity contribution in [2.45, 2.75) is 33.3 Å². The van der Waals surface area contributed by atoms with Crippen LogP contribution in [0.1, 0.15) is 28.8 Å². The summed E-state index contributed by atoms with van der Waals surface area (Å²) in [5.74, 6) is 0. The van der Waals surface area contributed by atoms with E-state index in [2.05, 4.69) is 9.97 Å². The molecule has 2 aromatic heterocycles. The highest BCUT2D eigenvalue weighted by molar-refractivity contribution is 5.53. The Hall–Kier alpha value is -1.94. The Balaban J connectivity index is 1.75. The summed E-state index contributed by atoms with van der Waals surface area (Å²) in [6.07, 6.45) is 7.43. The molecule has 0 amide bonds. The number of rotatable bonds is 6. The Morgan fingerprint density at radius 3 is 2.70 bits per heavy atom. The molecular formula is C16H21N3O. The number of hydrogen-bond acceptors (Lipinski definition) is 4. The van der Waals surface area contributed by atoms with Crippen LogP contribution in [0.25, 0.3) is 0 Å². The van der Waals surface area contributed by atoms with Gasteiger partial charge in [0.25, 0.3) is 0 Å². The molecule has 2 rings (SSSR count). The number of aryl methyl sites for hydroxylation is 2. The second-order valence-electron chi connectivity index (χ2n) is 4.94. The molecule has 106 valence electrons. The molecule has 0 radical (unpaired) electrons. The third kappa shape index (κ3) is 3.78. The van der Waals surface area contributed by atoms with Gasteiger partial charge in [0, 0.05) is 30.9 Å². The van der Waals surface area contributed by atoms with Crippen molar-refractivity contribution in [3.05, 3.63) is 53.1 Å². The molecule has 4 nitrogen and oxygen atoms in total. The first-order valence-electron chi connectivity index (χ1n) is 6.85. The van der Waals surface area contributed by atoms with E-state index in [0.717, 1.165) is 42.0 Å². The van der Waals surface area contributed by atoms with E-state index in [9.17, 15) is 0 Å². The minimum Gasteiger partial charge on any atom is -0.398 e. The standard InChI is InChI=1S/C16H21N3O/c1-12-10-19-15(13(2)16(12)17)11-20-9-3-4-14-5-7-18-8-6-14/h5-8,10H,3-4,9,11H2,1-2H3,(H2,17,19). The normalized spacial score (nSPS) is 10.7.